The number of carbonyl (C=O) groups excluding carboxylic acids is 3. The standard InChI is InChI=1S/C27H37N5O5/c1-36-26(35)37-27(21-10-6-3-7-11-21)13-16-32(17-14-27)24(33)23(20-8-4-2-5-9-20)31-25(34)29-15-12-22-18-28-19-30-22/h2,4-5,8-9,18-19,21,23H,3,6-7,10-17H2,1H3,(H,28,30)(H2,29,31,34). The van der Waals surface area contributed by atoms with Crippen molar-refractivity contribution in [3.63, 3.8) is 0 Å². The second-order valence-electron chi connectivity index (χ2n) is 9.85. The molecule has 2 aliphatic rings. The number of hydrogen-bond acceptors (Lipinski definition) is 6. The number of methoxy groups -OCH3 is 1. The molecule has 10 heteroatoms. The highest BCUT2D eigenvalue weighted by molar-refractivity contribution is 5.88. The van der Waals surface area contributed by atoms with E-state index < -0.39 is 23.8 Å². The van der Waals surface area contributed by atoms with E-state index in [1.807, 2.05) is 30.3 Å². The van der Waals surface area contributed by atoms with Crippen LogP contribution < -0.4 is 10.6 Å². The Labute approximate surface area is 217 Å². The van der Waals surface area contributed by atoms with Gasteiger partial charge < -0.3 is 30.0 Å². The molecule has 1 aromatic carbocycles. The molecule has 200 valence electrons. The van der Waals surface area contributed by atoms with E-state index >= 15 is 0 Å². The van der Waals surface area contributed by atoms with E-state index in [1.54, 1.807) is 17.4 Å². The van der Waals surface area contributed by atoms with Crippen LogP contribution in [0.2, 0.25) is 0 Å². The number of aromatic nitrogens is 2. The van der Waals surface area contributed by atoms with Gasteiger partial charge in [0.25, 0.3) is 0 Å². The lowest BCUT2D eigenvalue weighted by Gasteiger charge is -2.47. The minimum absolute atomic E-state index is 0.176. The highest BCUT2D eigenvalue weighted by Crippen LogP contribution is 2.42. The van der Waals surface area contributed by atoms with E-state index in [2.05, 4.69) is 20.6 Å². The van der Waals surface area contributed by atoms with Crippen molar-refractivity contribution in [1.82, 2.24) is 25.5 Å². The number of likely N-dealkylation sites (tertiary alicyclic amines) is 1. The summed E-state index contributed by atoms with van der Waals surface area (Å²) in [7, 11) is 1.33. The highest BCUT2D eigenvalue weighted by Gasteiger charge is 2.46. The number of nitrogens with one attached hydrogen (secondary N) is 3. The monoisotopic (exact) mass is 511 g/mol. The van der Waals surface area contributed by atoms with Gasteiger partial charge in [-0.05, 0) is 24.3 Å². The first-order chi connectivity index (χ1) is 18.0. The van der Waals surface area contributed by atoms with Gasteiger partial charge in [-0.25, -0.2) is 14.6 Å². The van der Waals surface area contributed by atoms with Gasteiger partial charge in [0.2, 0.25) is 5.91 Å². The Bertz CT molecular complexity index is 1020. The van der Waals surface area contributed by atoms with Gasteiger partial charge in [-0.15, -0.1) is 0 Å². The second kappa shape index (κ2) is 12.6. The Kier molecular flexibility index (Phi) is 9.03. The molecule has 0 bridgehead atoms. The predicted molar refractivity (Wildman–Crippen MR) is 137 cm³/mol. The van der Waals surface area contributed by atoms with Gasteiger partial charge in [-0.2, -0.15) is 0 Å². The summed E-state index contributed by atoms with van der Waals surface area (Å²) < 4.78 is 10.7. The smallest absolute Gasteiger partial charge is 0.438 e. The maximum Gasteiger partial charge on any atom is 0.508 e. The Morgan fingerprint density at radius 2 is 1.86 bits per heavy atom. The van der Waals surface area contributed by atoms with Crippen LogP contribution in [0.1, 0.15) is 62.2 Å². The number of piperidine rings is 1. The molecule has 2 heterocycles. The summed E-state index contributed by atoms with van der Waals surface area (Å²) in [5.41, 5.74) is 1.01. The third kappa shape index (κ3) is 6.81. The van der Waals surface area contributed by atoms with Crippen molar-refractivity contribution in [1.29, 1.82) is 0 Å². The number of amides is 3. The maximum atomic E-state index is 13.7. The van der Waals surface area contributed by atoms with E-state index in [4.69, 9.17) is 9.47 Å². The summed E-state index contributed by atoms with van der Waals surface area (Å²) in [6, 6.07) is 8.01. The average Bonchev–Trinajstić information content (AvgIpc) is 3.46. The van der Waals surface area contributed by atoms with Crippen molar-refractivity contribution in [3.05, 3.63) is 54.1 Å². The molecule has 37 heavy (non-hydrogen) atoms. The molecule has 2 fully saturated rings. The lowest BCUT2D eigenvalue weighted by Crippen LogP contribution is -2.55. The van der Waals surface area contributed by atoms with Crippen molar-refractivity contribution in [2.75, 3.05) is 26.7 Å². The number of carbonyl (C=O) groups is 3. The first kappa shape index (κ1) is 26.5. The minimum Gasteiger partial charge on any atom is -0.438 e. The fourth-order valence-electron chi connectivity index (χ4n) is 5.57. The van der Waals surface area contributed by atoms with Crippen LogP contribution >= 0.6 is 0 Å². The van der Waals surface area contributed by atoms with Crippen LogP contribution in [0.3, 0.4) is 0 Å². The summed E-state index contributed by atoms with van der Waals surface area (Å²) in [5.74, 6) is 0.0894. The quantitative estimate of drug-likeness (QED) is 0.464. The number of urea groups is 1. The molecule has 1 aromatic heterocycles. The zero-order chi connectivity index (χ0) is 26.1. The average molecular weight is 512 g/mol. The van der Waals surface area contributed by atoms with E-state index in [9.17, 15) is 14.4 Å². The van der Waals surface area contributed by atoms with Crippen LogP contribution in [0, 0.1) is 5.92 Å². The lowest BCUT2D eigenvalue weighted by molar-refractivity contribution is -0.142. The molecule has 1 unspecified atom stereocenters. The molecule has 3 N–H and O–H groups in total. The zero-order valence-electron chi connectivity index (χ0n) is 21.4. The summed E-state index contributed by atoms with van der Waals surface area (Å²) in [4.78, 5) is 47.3. The van der Waals surface area contributed by atoms with E-state index in [0.717, 1.165) is 31.4 Å². The number of benzene rings is 1. The van der Waals surface area contributed by atoms with Crippen molar-refractivity contribution < 1.29 is 23.9 Å². The molecule has 4 rings (SSSR count). The molecule has 10 nitrogen and oxygen atoms in total. The first-order valence-electron chi connectivity index (χ1n) is 13.1. The minimum atomic E-state index is -0.822. The molecular weight excluding hydrogens is 474 g/mol. The van der Waals surface area contributed by atoms with Crippen LogP contribution in [0.4, 0.5) is 9.59 Å². The number of H-pyrrole nitrogens is 1. The molecule has 1 aliphatic heterocycles. The molecule has 2 aromatic rings. The molecule has 1 saturated carbocycles. The van der Waals surface area contributed by atoms with Crippen LogP contribution in [0.5, 0.6) is 0 Å². The van der Waals surface area contributed by atoms with Gasteiger partial charge in [0.15, 0.2) is 0 Å². The van der Waals surface area contributed by atoms with Crippen LogP contribution in [-0.2, 0) is 20.7 Å². The van der Waals surface area contributed by atoms with Gasteiger partial charge in [0.1, 0.15) is 11.6 Å². The van der Waals surface area contributed by atoms with Crippen LogP contribution in [0.25, 0.3) is 0 Å². The van der Waals surface area contributed by atoms with Crippen molar-refractivity contribution in [2.24, 2.45) is 5.92 Å². The predicted octanol–water partition coefficient (Wildman–Crippen LogP) is 3.72. The zero-order valence-corrected chi connectivity index (χ0v) is 21.4. The molecule has 1 saturated heterocycles. The number of aromatic amines is 1. The van der Waals surface area contributed by atoms with E-state index in [0.29, 0.717) is 44.5 Å². The van der Waals surface area contributed by atoms with Gasteiger partial charge in [-0.3, -0.25) is 4.79 Å². The summed E-state index contributed by atoms with van der Waals surface area (Å²) in [6.07, 6.45) is 9.81. The van der Waals surface area contributed by atoms with Crippen LogP contribution in [0.15, 0.2) is 42.9 Å². The topological polar surface area (TPSA) is 126 Å². The Morgan fingerprint density at radius 3 is 2.51 bits per heavy atom. The number of imidazole rings is 1. The lowest BCUT2D eigenvalue weighted by atomic mass is 9.72. The largest absolute Gasteiger partial charge is 0.508 e. The van der Waals surface area contributed by atoms with Gasteiger partial charge in [-0.1, -0.05) is 49.6 Å². The van der Waals surface area contributed by atoms with Crippen molar-refractivity contribution in [3.8, 4) is 0 Å². The molecular formula is C27H37N5O5. The number of ether oxygens (including phenoxy) is 2. The van der Waals surface area contributed by atoms with Crippen molar-refractivity contribution >= 4 is 18.1 Å². The molecule has 1 atom stereocenters. The normalized spacial score (nSPS) is 18.5. The fraction of sp³-hybridized carbons (Fsp3) is 0.556. The van der Waals surface area contributed by atoms with E-state index in [-0.39, 0.29) is 11.8 Å². The second-order valence-corrected chi connectivity index (χ2v) is 9.85. The molecule has 0 spiro atoms. The number of hydrogen-bond donors (Lipinski definition) is 3. The maximum absolute atomic E-state index is 13.7. The highest BCUT2D eigenvalue weighted by atomic mass is 16.7. The Morgan fingerprint density at radius 1 is 1.14 bits per heavy atom. The summed E-state index contributed by atoms with van der Waals surface area (Å²) in [6.45, 7) is 1.29. The van der Waals surface area contributed by atoms with Gasteiger partial charge in [0.05, 0.1) is 13.4 Å². The van der Waals surface area contributed by atoms with Crippen LogP contribution in [-0.4, -0.2) is 65.3 Å². The van der Waals surface area contributed by atoms with Gasteiger partial charge in [0, 0.05) is 50.8 Å². The number of nitrogens with zero attached hydrogens (tertiary/aromatic N) is 2. The summed E-state index contributed by atoms with van der Waals surface area (Å²) in [5, 5.41) is 5.69. The van der Waals surface area contributed by atoms with Crippen molar-refractivity contribution in [2.45, 2.75) is 63.0 Å². The third-order valence-corrected chi connectivity index (χ3v) is 7.61. The SMILES string of the molecule is COC(=O)OC1(C2CCCCC2)CCN(C(=O)C(NC(=O)NCCc2cnc[nH]2)c2ccccc2)CC1. The number of rotatable bonds is 8. The van der Waals surface area contributed by atoms with E-state index in [1.165, 1.54) is 13.5 Å². The molecule has 1 aliphatic carbocycles. The fourth-order valence-corrected chi connectivity index (χ4v) is 5.57. The Hall–Kier alpha value is -3.56. The Balaban J connectivity index is 1.41. The first-order valence-corrected chi connectivity index (χ1v) is 13.1. The summed E-state index contributed by atoms with van der Waals surface area (Å²) >= 11 is 0. The van der Waals surface area contributed by atoms with Gasteiger partial charge >= 0.3 is 12.2 Å². The molecule has 0 radical (unpaired) electrons. The third-order valence-electron chi connectivity index (χ3n) is 7.61. The molecule has 3 amide bonds.